The van der Waals surface area contributed by atoms with Crippen molar-refractivity contribution in [3.05, 3.63) is 59.4 Å². The third kappa shape index (κ3) is 5.22. The largest absolute Gasteiger partial charge is 0.493 e. The van der Waals surface area contributed by atoms with Gasteiger partial charge in [0.05, 0.1) is 18.9 Å². The molecule has 0 heterocycles. The second-order valence-electron chi connectivity index (χ2n) is 6.88. The molecule has 0 N–H and O–H groups in total. The van der Waals surface area contributed by atoms with Gasteiger partial charge in [-0.2, -0.15) is 8.42 Å². The molecule has 0 aromatic heterocycles. The fourth-order valence-electron chi connectivity index (χ4n) is 2.90. The van der Waals surface area contributed by atoms with E-state index in [1.54, 1.807) is 23.1 Å². The fraction of sp³-hybridized carbons (Fsp3) is 0.350. The van der Waals surface area contributed by atoms with Crippen LogP contribution in [0.5, 0.6) is 11.5 Å². The normalized spacial score (nSPS) is 13.8. The van der Waals surface area contributed by atoms with Crippen LogP contribution in [-0.4, -0.2) is 39.1 Å². The Kier molecular flexibility index (Phi) is 5.88. The highest BCUT2D eigenvalue weighted by molar-refractivity contribution is 7.86. The topological polar surface area (TPSA) is 72.9 Å². The van der Waals surface area contributed by atoms with Crippen molar-refractivity contribution in [2.75, 3.05) is 19.9 Å². The number of ether oxygens (including phenoxy) is 1. The van der Waals surface area contributed by atoms with E-state index in [1.807, 2.05) is 0 Å². The Morgan fingerprint density at radius 1 is 1.18 bits per heavy atom. The molecule has 0 saturated heterocycles. The number of carbonyl (C=O) groups excluding carboxylic acids is 1. The van der Waals surface area contributed by atoms with E-state index in [9.17, 15) is 17.6 Å². The summed E-state index contributed by atoms with van der Waals surface area (Å²) in [4.78, 5) is 14.5. The molecule has 1 fully saturated rings. The monoisotopic (exact) mass is 407 g/mol. The SMILES string of the molecule is COc1ccc(CN(CC2CC2)C(=O)c2ccccc2F)cc1OS(C)(=O)=O. The summed E-state index contributed by atoms with van der Waals surface area (Å²) in [6.07, 6.45) is 3.01. The Morgan fingerprint density at radius 3 is 2.50 bits per heavy atom. The summed E-state index contributed by atoms with van der Waals surface area (Å²) in [7, 11) is -2.33. The minimum Gasteiger partial charge on any atom is -0.493 e. The molecule has 6 nitrogen and oxygen atoms in total. The van der Waals surface area contributed by atoms with E-state index in [-0.39, 0.29) is 23.6 Å². The Bertz CT molecular complexity index is 972. The third-order valence-electron chi connectivity index (χ3n) is 4.41. The van der Waals surface area contributed by atoms with Crippen LogP contribution in [0.4, 0.5) is 4.39 Å². The molecule has 1 saturated carbocycles. The van der Waals surface area contributed by atoms with E-state index in [0.29, 0.717) is 18.0 Å². The molecular formula is C20H22FNO5S. The number of rotatable bonds is 8. The number of benzene rings is 2. The van der Waals surface area contributed by atoms with E-state index in [4.69, 9.17) is 8.92 Å². The summed E-state index contributed by atoms with van der Waals surface area (Å²) in [6.45, 7) is 0.718. The third-order valence-corrected chi connectivity index (χ3v) is 4.89. The van der Waals surface area contributed by atoms with Gasteiger partial charge in [-0.25, -0.2) is 4.39 Å². The molecule has 0 unspecified atom stereocenters. The molecule has 0 radical (unpaired) electrons. The zero-order valence-corrected chi connectivity index (χ0v) is 16.5. The van der Waals surface area contributed by atoms with Crippen LogP contribution in [-0.2, 0) is 16.7 Å². The lowest BCUT2D eigenvalue weighted by molar-refractivity contribution is 0.0730. The lowest BCUT2D eigenvalue weighted by Crippen LogP contribution is -2.33. The predicted molar refractivity (Wildman–Crippen MR) is 102 cm³/mol. The Labute approximate surface area is 164 Å². The van der Waals surface area contributed by atoms with Gasteiger partial charge in [-0.15, -0.1) is 0 Å². The molecule has 28 heavy (non-hydrogen) atoms. The highest BCUT2D eigenvalue weighted by atomic mass is 32.2. The number of carbonyl (C=O) groups is 1. The molecule has 0 bridgehead atoms. The van der Waals surface area contributed by atoms with E-state index >= 15 is 0 Å². The van der Waals surface area contributed by atoms with Gasteiger partial charge < -0.3 is 13.8 Å². The molecule has 0 atom stereocenters. The molecule has 1 aliphatic rings. The predicted octanol–water partition coefficient (Wildman–Crippen LogP) is 3.23. The lowest BCUT2D eigenvalue weighted by atomic mass is 10.1. The van der Waals surface area contributed by atoms with Crippen LogP contribution in [0.15, 0.2) is 42.5 Å². The van der Waals surface area contributed by atoms with Gasteiger partial charge in [-0.3, -0.25) is 4.79 Å². The maximum absolute atomic E-state index is 14.1. The molecule has 2 aromatic carbocycles. The lowest BCUT2D eigenvalue weighted by Gasteiger charge is -2.23. The zero-order valence-electron chi connectivity index (χ0n) is 15.7. The summed E-state index contributed by atoms with van der Waals surface area (Å²) in [5.41, 5.74) is 0.675. The van der Waals surface area contributed by atoms with Crippen LogP contribution in [0.2, 0.25) is 0 Å². The number of hydrogen-bond acceptors (Lipinski definition) is 5. The highest BCUT2D eigenvalue weighted by Crippen LogP contribution is 2.33. The molecule has 0 aliphatic heterocycles. The second-order valence-corrected chi connectivity index (χ2v) is 8.46. The molecule has 2 aromatic rings. The van der Waals surface area contributed by atoms with E-state index in [0.717, 1.165) is 19.1 Å². The first-order valence-corrected chi connectivity index (χ1v) is 10.7. The Hall–Kier alpha value is -2.61. The summed E-state index contributed by atoms with van der Waals surface area (Å²) < 4.78 is 47.2. The van der Waals surface area contributed by atoms with Gasteiger partial charge in [0.1, 0.15) is 5.82 Å². The van der Waals surface area contributed by atoms with E-state index < -0.39 is 21.8 Å². The fourth-order valence-corrected chi connectivity index (χ4v) is 3.36. The molecule has 0 spiro atoms. The summed E-state index contributed by atoms with van der Waals surface area (Å²) in [5, 5.41) is 0. The molecule has 1 amide bonds. The summed E-state index contributed by atoms with van der Waals surface area (Å²) in [6, 6.07) is 10.7. The van der Waals surface area contributed by atoms with E-state index in [1.165, 1.54) is 31.4 Å². The van der Waals surface area contributed by atoms with Crippen molar-refractivity contribution in [1.29, 1.82) is 0 Å². The molecular weight excluding hydrogens is 385 g/mol. The first-order chi connectivity index (χ1) is 13.3. The maximum Gasteiger partial charge on any atom is 0.306 e. The minimum absolute atomic E-state index is 0.0178. The van der Waals surface area contributed by atoms with Crippen molar-refractivity contribution in [2.24, 2.45) is 5.92 Å². The quantitative estimate of drug-likeness (QED) is 0.628. The number of amides is 1. The van der Waals surface area contributed by atoms with Crippen molar-refractivity contribution < 1.29 is 26.5 Å². The second kappa shape index (κ2) is 8.18. The average Bonchev–Trinajstić information content (AvgIpc) is 3.44. The van der Waals surface area contributed by atoms with Gasteiger partial charge in [-0.05, 0) is 48.6 Å². The van der Waals surface area contributed by atoms with Gasteiger partial charge in [0, 0.05) is 13.1 Å². The Balaban J connectivity index is 1.87. The average molecular weight is 407 g/mol. The van der Waals surface area contributed by atoms with Crippen molar-refractivity contribution in [1.82, 2.24) is 4.90 Å². The standard InChI is InChI=1S/C20H22FNO5S/c1-26-18-10-9-15(11-19(18)27-28(2,24)25)13-22(12-14-7-8-14)20(23)16-5-3-4-6-17(16)21/h3-6,9-11,14H,7-8,12-13H2,1-2H3. The maximum atomic E-state index is 14.1. The van der Waals surface area contributed by atoms with Gasteiger partial charge in [0.2, 0.25) is 0 Å². The van der Waals surface area contributed by atoms with Crippen LogP contribution < -0.4 is 8.92 Å². The van der Waals surface area contributed by atoms with Gasteiger partial charge in [0.15, 0.2) is 11.5 Å². The first kappa shape index (κ1) is 20.1. The summed E-state index contributed by atoms with van der Waals surface area (Å²) in [5.74, 6) is -0.244. The molecule has 1 aliphatic carbocycles. The van der Waals surface area contributed by atoms with Crippen LogP contribution in [0, 0.1) is 11.7 Å². The van der Waals surface area contributed by atoms with Crippen LogP contribution in [0.25, 0.3) is 0 Å². The van der Waals surface area contributed by atoms with Gasteiger partial charge >= 0.3 is 10.1 Å². The summed E-state index contributed by atoms with van der Waals surface area (Å²) >= 11 is 0. The van der Waals surface area contributed by atoms with Gasteiger partial charge in [-0.1, -0.05) is 18.2 Å². The van der Waals surface area contributed by atoms with Crippen molar-refractivity contribution >= 4 is 16.0 Å². The van der Waals surface area contributed by atoms with Crippen molar-refractivity contribution in [3.63, 3.8) is 0 Å². The number of methoxy groups -OCH3 is 1. The molecule has 8 heteroatoms. The van der Waals surface area contributed by atoms with Gasteiger partial charge in [0.25, 0.3) is 5.91 Å². The first-order valence-electron chi connectivity index (χ1n) is 8.87. The molecule has 3 rings (SSSR count). The number of nitrogens with zero attached hydrogens (tertiary/aromatic N) is 1. The highest BCUT2D eigenvalue weighted by Gasteiger charge is 2.28. The minimum atomic E-state index is -3.74. The Morgan fingerprint density at radius 2 is 1.89 bits per heavy atom. The van der Waals surface area contributed by atoms with Crippen LogP contribution in [0.1, 0.15) is 28.8 Å². The number of hydrogen-bond donors (Lipinski definition) is 0. The molecule has 150 valence electrons. The smallest absolute Gasteiger partial charge is 0.306 e. The van der Waals surface area contributed by atoms with Crippen molar-refractivity contribution in [2.45, 2.75) is 19.4 Å². The zero-order chi connectivity index (χ0) is 20.3. The number of halogens is 1. The van der Waals surface area contributed by atoms with Crippen molar-refractivity contribution in [3.8, 4) is 11.5 Å². The van der Waals surface area contributed by atoms with Crippen LogP contribution in [0.3, 0.4) is 0 Å². The van der Waals surface area contributed by atoms with E-state index in [2.05, 4.69) is 0 Å². The van der Waals surface area contributed by atoms with Crippen LogP contribution >= 0.6 is 0 Å².